The van der Waals surface area contributed by atoms with Gasteiger partial charge >= 0.3 is 0 Å². The predicted molar refractivity (Wildman–Crippen MR) is 93.5 cm³/mol. The molecule has 0 unspecified atom stereocenters. The van der Waals surface area contributed by atoms with Gasteiger partial charge in [0.1, 0.15) is 0 Å². The third-order valence-electron chi connectivity index (χ3n) is 3.13. The van der Waals surface area contributed by atoms with Crippen LogP contribution in [0.1, 0.15) is 11.1 Å². The van der Waals surface area contributed by atoms with E-state index in [2.05, 4.69) is 15.8 Å². The van der Waals surface area contributed by atoms with Crippen LogP contribution in [0.25, 0.3) is 0 Å². The number of aryl methyl sites for hydroxylation is 1. The second kappa shape index (κ2) is 8.07. The molecule has 2 N–H and O–H groups in total. The molecule has 0 aliphatic heterocycles. The van der Waals surface area contributed by atoms with Gasteiger partial charge in [-0.2, -0.15) is 5.10 Å². The first-order valence-electron chi connectivity index (χ1n) is 7.02. The van der Waals surface area contributed by atoms with Crippen LogP contribution in [0.3, 0.4) is 0 Å². The largest absolute Gasteiger partial charge is 0.376 e. The number of halogens is 1. The zero-order valence-corrected chi connectivity index (χ0v) is 13.6. The first-order chi connectivity index (χ1) is 11.5. The summed E-state index contributed by atoms with van der Waals surface area (Å²) in [6.45, 7) is 1.94. The summed E-state index contributed by atoms with van der Waals surface area (Å²) < 4.78 is 0. The number of nitrogens with zero attached hydrogens (tertiary/aromatic N) is 2. The number of nitrogens with one attached hydrogen (secondary N) is 2. The third-order valence-corrected chi connectivity index (χ3v) is 3.37. The minimum absolute atomic E-state index is 0.00119. The van der Waals surface area contributed by atoms with Crippen LogP contribution in [0, 0.1) is 17.0 Å². The molecule has 0 heterocycles. The summed E-state index contributed by atoms with van der Waals surface area (Å²) in [5.41, 5.74) is 4.77. The summed E-state index contributed by atoms with van der Waals surface area (Å²) in [5, 5.41) is 18.0. The molecule has 2 rings (SSSR count). The summed E-state index contributed by atoms with van der Waals surface area (Å²) in [4.78, 5) is 21.8. The fourth-order valence-corrected chi connectivity index (χ4v) is 2.13. The van der Waals surface area contributed by atoms with Gasteiger partial charge in [-0.25, -0.2) is 5.43 Å². The van der Waals surface area contributed by atoms with Crippen molar-refractivity contribution in [2.45, 2.75) is 6.92 Å². The quantitative estimate of drug-likeness (QED) is 0.477. The number of anilines is 1. The third kappa shape index (κ3) is 5.06. The van der Waals surface area contributed by atoms with E-state index in [0.29, 0.717) is 10.6 Å². The molecule has 8 heteroatoms. The normalized spacial score (nSPS) is 10.6. The fourth-order valence-electron chi connectivity index (χ4n) is 1.90. The van der Waals surface area contributed by atoms with Crippen LogP contribution >= 0.6 is 11.6 Å². The molecular formula is C16H15ClN4O3. The van der Waals surface area contributed by atoms with Crippen molar-refractivity contribution in [1.29, 1.82) is 0 Å². The van der Waals surface area contributed by atoms with Crippen LogP contribution in [0.4, 0.5) is 11.4 Å². The minimum atomic E-state index is -0.479. The van der Waals surface area contributed by atoms with Crippen molar-refractivity contribution in [3.63, 3.8) is 0 Å². The summed E-state index contributed by atoms with van der Waals surface area (Å²) >= 11 is 5.87. The van der Waals surface area contributed by atoms with Gasteiger partial charge in [-0.1, -0.05) is 11.6 Å². The maximum absolute atomic E-state index is 11.7. The lowest BCUT2D eigenvalue weighted by atomic mass is 10.2. The average molecular weight is 347 g/mol. The Morgan fingerprint density at radius 3 is 2.62 bits per heavy atom. The van der Waals surface area contributed by atoms with Gasteiger partial charge in [0.15, 0.2) is 0 Å². The Morgan fingerprint density at radius 2 is 2.00 bits per heavy atom. The van der Waals surface area contributed by atoms with Crippen LogP contribution in [0.15, 0.2) is 47.6 Å². The van der Waals surface area contributed by atoms with Crippen LogP contribution < -0.4 is 10.7 Å². The lowest BCUT2D eigenvalue weighted by Gasteiger charge is -2.08. The SMILES string of the molecule is Cc1cc(Cl)ccc1NCC(=O)N/N=C/c1ccc([N+](=O)[O-])cc1. The maximum atomic E-state index is 11.7. The Balaban J connectivity index is 1.83. The van der Waals surface area contributed by atoms with Gasteiger partial charge in [-0.15, -0.1) is 0 Å². The molecule has 0 fully saturated rings. The smallest absolute Gasteiger partial charge is 0.269 e. The van der Waals surface area contributed by atoms with Crippen molar-refractivity contribution in [2.24, 2.45) is 5.10 Å². The standard InChI is InChI=1S/C16H15ClN4O3/c1-11-8-13(17)4-7-15(11)18-10-16(22)20-19-9-12-2-5-14(6-3-12)21(23)24/h2-9,18H,10H2,1H3,(H,20,22)/b19-9+. The van der Waals surface area contributed by atoms with Crippen molar-refractivity contribution in [2.75, 3.05) is 11.9 Å². The Hall–Kier alpha value is -2.93. The number of hydrazone groups is 1. The number of hydrogen-bond donors (Lipinski definition) is 2. The van der Waals surface area contributed by atoms with Gasteiger partial charge in [0.25, 0.3) is 11.6 Å². The van der Waals surface area contributed by atoms with Gasteiger partial charge in [0, 0.05) is 22.8 Å². The Morgan fingerprint density at radius 1 is 1.29 bits per heavy atom. The van der Waals surface area contributed by atoms with E-state index in [0.717, 1.165) is 11.3 Å². The van der Waals surface area contributed by atoms with Crippen molar-refractivity contribution in [1.82, 2.24) is 5.43 Å². The average Bonchev–Trinajstić information content (AvgIpc) is 2.54. The van der Waals surface area contributed by atoms with Crippen molar-refractivity contribution in [3.8, 4) is 0 Å². The Labute approximate surface area is 143 Å². The van der Waals surface area contributed by atoms with Crippen molar-refractivity contribution >= 4 is 35.1 Å². The van der Waals surface area contributed by atoms with Gasteiger partial charge < -0.3 is 5.32 Å². The minimum Gasteiger partial charge on any atom is -0.376 e. The molecule has 0 saturated heterocycles. The zero-order chi connectivity index (χ0) is 17.5. The highest BCUT2D eigenvalue weighted by molar-refractivity contribution is 6.30. The van der Waals surface area contributed by atoms with E-state index in [1.807, 2.05) is 6.92 Å². The zero-order valence-electron chi connectivity index (χ0n) is 12.8. The molecular weight excluding hydrogens is 332 g/mol. The first kappa shape index (κ1) is 17.4. The predicted octanol–water partition coefficient (Wildman–Crippen LogP) is 3.12. The monoisotopic (exact) mass is 346 g/mol. The highest BCUT2D eigenvalue weighted by Crippen LogP contribution is 2.19. The molecule has 0 aliphatic rings. The molecule has 0 spiro atoms. The number of nitro benzene ring substituents is 1. The fraction of sp³-hybridized carbons (Fsp3) is 0.125. The van der Waals surface area contributed by atoms with Gasteiger partial charge in [0.2, 0.25) is 0 Å². The number of benzene rings is 2. The molecule has 1 amide bonds. The number of nitro groups is 1. The maximum Gasteiger partial charge on any atom is 0.269 e. The van der Waals surface area contributed by atoms with E-state index in [1.165, 1.54) is 18.3 Å². The van der Waals surface area contributed by atoms with Crippen LogP contribution in [0.2, 0.25) is 5.02 Å². The highest BCUT2D eigenvalue weighted by atomic mass is 35.5. The molecule has 124 valence electrons. The van der Waals surface area contributed by atoms with Crippen LogP contribution in [-0.4, -0.2) is 23.6 Å². The lowest BCUT2D eigenvalue weighted by molar-refractivity contribution is -0.384. The molecule has 2 aromatic rings. The lowest BCUT2D eigenvalue weighted by Crippen LogP contribution is -2.26. The first-order valence-corrected chi connectivity index (χ1v) is 7.40. The molecule has 0 radical (unpaired) electrons. The molecule has 0 aromatic heterocycles. The summed E-state index contributed by atoms with van der Waals surface area (Å²) in [7, 11) is 0. The van der Waals surface area contributed by atoms with Gasteiger partial charge in [0.05, 0.1) is 17.7 Å². The number of amides is 1. The van der Waals surface area contributed by atoms with E-state index >= 15 is 0 Å². The Bertz CT molecular complexity index is 775. The molecule has 0 aliphatic carbocycles. The number of rotatable bonds is 6. The summed E-state index contributed by atoms with van der Waals surface area (Å²) in [6, 6.07) is 11.2. The number of hydrogen-bond acceptors (Lipinski definition) is 5. The van der Waals surface area contributed by atoms with E-state index in [9.17, 15) is 14.9 Å². The van der Waals surface area contributed by atoms with Gasteiger partial charge in [-0.3, -0.25) is 14.9 Å². The van der Waals surface area contributed by atoms with Crippen molar-refractivity contribution in [3.05, 3.63) is 68.7 Å². The molecule has 24 heavy (non-hydrogen) atoms. The number of carbonyl (C=O) groups excluding carboxylic acids is 1. The van der Waals surface area contributed by atoms with E-state index in [4.69, 9.17) is 11.6 Å². The van der Waals surface area contributed by atoms with Gasteiger partial charge in [-0.05, 0) is 48.4 Å². The summed E-state index contributed by atoms with van der Waals surface area (Å²) in [5.74, 6) is -0.317. The molecule has 0 bridgehead atoms. The number of non-ortho nitro benzene ring substituents is 1. The second-order valence-corrected chi connectivity index (χ2v) is 5.39. The van der Waals surface area contributed by atoms with Crippen molar-refractivity contribution < 1.29 is 9.72 Å². The van der Waals surface area contributed by atoms with E-state index in [-0.39, 0.29) is 18.1 Å². The molecule has 0 atom stereocenters. The van der Waals surface area contributed by atoms with E-state index in [1.54, 1.807) is 30.3 Å². The molecule has 7 nitrogen and oxygen atoms in total. The van der Waals surface area contributed by atoms with Crippen LogP contribution in [-0.2, 0) is 4.79 Å². The van der Waals surface area contributed by atoms with E-state index < -0.39 is 4.92 Å². The molecule has 2 aromatic carbocycles. The summed E-state index contributed by atoms with van der Waals surface area (Å²) in [6.07, 6.45) is 1.41. The highest BCUT2D eigenvalue weighted by Gasteiger charge is 2.04. The topological polar surface area (TPSA) is 96.6 Å². The van der Waals surface area contributed by atoms with Crippen LogP contribution in [0.5, 0.6) is 0 Å². The molecule has 0 saturated carbocycles. The Kier molecular flexibility index (Phi) is 5.86. The second-order valence-electron chi connectivity index (χ2n) is 4.95. The number of carbonyl (C=O) groups is 1.